The highest BCUT2D eigenvalue weighted by Crippen LogP contribution is 2.38. The number of carbonyl (C=O) groups excluding carboxylic acids is 2. The van der Waals surface area contributed by atoms with Crippen molar-refractivity contribution >= 4 is 11.9 Å². The number of hydrogen-bond donors (Lipinski definition) is 0. The second-order valence-electron chi connectivity index (χ2n) is 9.72. The Kier molecular flexibility index (Phi) is 8.66. The van der Waals surface area contributed by atoms with E-state index in [-0.39, 0.29) is 48.1 Å². The first kappa shape index (κ1) is 23.9. The second-order valence-corrected chi connectivity index (χ2v) is 9.72. The fraction of sp³-hybridized carbons (Fsp3) is 0.905. The third-order valence-corrected chi connectivity index (χ3v) is 4.62. The Morgan fingerprint density at radius 1 is 0.800 bits per heavy atom. The van der Waals surface area contributed by atoms with Crippen molar-refractivity contribution in [3.63, 3.8) is 0 Å². The molecule has 4 nitrogen and oxygen atoms in total. The van der Waals surface area contributed by atoms with Gasteiger partial charge in [-0.05, 0) is 58.3 Å². The normalized spacial score (nSPS) is 14.4. The van der Waals surface area contributed by atoms with Crippen LogP contribution < -0.4 is 0 Å². The largest absolute Gasteiger partial charge is 0.461 e. The summed E-state index contributed by atoms with van der Waals surface area (Å²) in [6.45, 7) is 21.6. The molecule has 0 aliphatic carbocycles. The summed E-state index contributed by atoms with van der Waals surface area (Å²) in [7, 11) is 0. The smallest absolute Gasteiger partial charge is 0.312 e. The van der Waals surface area contributed by atoms with Crippen LogP contribution in [0.5, 0.6) is 0 Å². The van der Waals surface area contributed by atoms with E-state index < -0.39 is 11.0 Å². The average molecular weight is 357 g/mol. The standard InChI is InChI=1S/C21H40O4/c1-13(2)16(12-17(22)25-20(7,8)9)21(10,11)19(23)24-18(14(3)4)15(5)6/h13-16,18H,12H2,1-11H3. The molecule has 0 saturated heterocycles. The molecule has 0 heterocycles. The minimum absolute atomic E-state index is 0.124. The van der Waals surface area contributed by atoms with Crippen molar-refractivity contribution in [2.45, 2.75) is 94.3 Å². The molecule has 0 rings (SSSR count). The summed E-state index contributed by atoms with van der Waals surface area (Å²) in [6, 6.07) is 0. The van der Waals surface area contributed by atoms with Gasteiger partial charge in [-0.2, -0.15) is 0 Å². The second kappa shape index (κ2) is 9.05. The maximum absolute atomic E-state index is 12.9. The number of hydrogen-bond acceptors (Lipinski definition) is 4. The lowest BCUT2D eigenvalue weighted by molar-refractivity contribution is -0.171. The molecule has 0 spiro atoms. The van der Waals surface area contributed by atoms with Crippen LogP contribution in [-0.2, 0) is 19.1 Å². The molecule has 0 radical (unpaired) electrons. The molecule has 0 aliphatic heterocycles. The third-order valence-electron chi connectivity index (χ3n) is 4.62. The van der Waals surface area contributed by atoms with E-state index in [0.29, 0.717) is 0 Å². The van der Waals surface area contributed by atoms with Crippen molar-refractivity contribution in [1.29, 1.82) is 0 Å². The average Bonchev–Trinajstić information content (AvgIpc) is 2.38. The Balaban J connectivity index is 5.29. The SMILES string of the molecule is CC(C)C(OC(=O)C(C)(C)C(CC(=O)OC(C)(C)C)C(C)C)C(C)C. The summed E-state index contributed by atoms with van der Waals surface area (Å²) in [5, 5.41) is 0. The van der Waals surface area contributed by atoms with Gasteiger partial charge in [-0.25, -0.2) is 0 Å². The Morgan fingerprint density at radius 3 is 1.56 bits per heavy atom. The van der Waals surface area contributed by atoms with Crippen molar-refractivity contribution in [2.75, 3.05) is 0 Å². The molecular formula is C21H40O4. The van der Waals surface area contributed by atoms with Gasteiger partial charge in [0.1, 0.15) is 11.7 Å². The van der Waals surface area contributed by atoms with Gasteiger partial charge in [0.25, 0.3) is 0 Å². The van der Waals surface area contributed by atoms with Crippen LogP contribution in [0.4, 0.5) is 0 Å². The Morgan fingerprint density at radius 2 is 1.24 bits per heavy atom. The van der Waals surface area contributed by atoms with Crippen molar-refractivity contribution in [2.24, 2.45) is 29.1 Å². The zero-order valence-electron chi connectivity index (χ0n) is 18.2. The van der Waals surface area contributed by atoms with Gasteiger partial charge in [0.05, 0.1) is 5.41 Å². The molecule has 0 saturated carbocycles. The quantitative estimate of drug-likeness (QED) is 0.558. The van der Waals surface area contributed by atoms with Crippen LogP contribution in [0, 0.1) is 29.1 Å². The molecule has 0 N–H and O–H groups in total. The third kappa shape index (κ3) is 7.79. The summed E-state index contributed by atoms with van der Waals surface area (Å²) < 4.78 is 11.3. The van der Waals surface area contributed by atoms with Crippen LogP contribution in [0.25, 0.3) is 0 Å². The number of ether oxygens (including phenoxy) is 2. The van der Waals surface area contributed by atoms with Crippen LogP contribution in [-0.4, -0.2) is 23.6 Å². The summed E-state index contributed by atoms with van der Waals surface area (Å²) in [6.07, 6.45) is 0.0894. The highest BCUT2D eigenvalue weighted by Gasteiger charge is 2.43. The minimum Gasteiger partial charge on any atom is -0.461 e. The first-order valence-electron chi connectivity index (χ1n) is 9.52. The van der Waals surface area contributed by atoms with Crippen LogP contribution in [0.2, 0.25) is 0 Å². The fourth-order valence-corrected chi connectivity index (χ4v) is 3.36. The van der Waals surface area contributed by atoms with Crippen molar-refractivity contribution < 1.29 is 19.1 Å². The van der Waals surface area contributed by atoms with Gasteiger partial charge in [-0.3, -0.25) is 9.59 Å². The lowest BCUT2D eigenvalue weighted by atomic mass is 9.71. The molecule has 0 aromatic rings. The van der Waals surface area contributed by atoms with E-state index in [9.17, 15) is 9.59 Å². The van der Waals surface area contributed by atoms with Crippen molar-refractivity contribution in [3.05, 3.63) is 0 Å². The summed E-state index contributed by atoms with van der Waals surface area (Å²) in [4.78, 5) is 25.2. The number of esters is 2. The maximum atomic E-state index is 12.9. The molecule has 1 unspecified atom stereocenters. The van der Waals surface area contributed by atoms with E-state index in [4.69, 9.17) is 9.47 Å². The van der Waals surface area contributed by atoms with Gasteiger partial charge < -0.3 is 9.47 Å². The van der Waals surface area contributed by atoms with E-state index in [1.54, 1.807) is 0 Å². The van der Waals surface area contributed by atoms with Gasteiger partial charge in [0, 0.05) is 6.42 Å². The van der Waals surface area contributed by atoms with E-state index in [2.05, 4.69) is 27.7 Å². The fourth-order valence-electron chi connectivity index (χ4n) is 3.36. The van der Waals surface area contributed by atoms with E-state index in [0.717, 1.165) is 0 Å². The summed E-state index contributed by atoms with van der Waals surface area (Å²) >= 11 is 0. The van der Waals surface area contributed by atoms with Gasteiger partial charge in [-0.1, -0.05) is 41.5 Å². The maximum Gasteiger partial charge on any atom is 0.312 e. The highest BCUT2D eigenvalue weighted by atomic mass is 16.6. The predicted molar refractivity (Wildman–Crippen MR) is 102 cm³/mol. The molecule has 0 aromatic carbocycles. The van der Waals surface area contributed by atoms with Gasteiger partial charge in [-0.15, -0.1) is 0 Å². The first-order valence-corrected chi connectivity index (χ1v) is 9.52. The van der Waals surface area contributed by atoms with Crippen LogP contribution >= 0.6 is 0 Å². The van der Waals surface area contributed by atoms with Gasteiger partial charge in [0.15, 0.2) is 0 Å². The molecule has 1 atom stereocenters. The molecule has 0 aliphatic rings. The monoisotopic (exact) mass is 356 g/mol. The molecular weight excluding hydrogens is 316 g/mol. The number of rotatable bonds is 8. The predicted octanol–water partition coefficient (Wildman–Crippen LogP) is 5.24. The van der Waals surface area contributed by atoms with Crippen LogP contribution in [0.15, 0.2) is 0 Å². The van der Waals surface area contributed by atoms with Gasteiger partial charge >= 0.3 is 11.9 Å². The first-order chi connectivity index (χ1) is 11.1. The molecule has 25 heavy (non-hydrogen) atoms. The van der Waals surface area contributed by atoms with Crippen molar-refractivity contribution in [1.82, 2.24) is 0 Å². The molecule has 0 bridgehead atoms. The van der Waals surface area contributed by atoms with E-state index >= 15 is 0 Å². The molecule has 0 fully saturated rings. The van der Waals surface area contributed by atoms with Crippen LogP contribution in [0.3, 0.4) is 0 Å². The molecule has 4 heteroatoms. The van der Waals surface area contributed by atoms with Crippen LogP contribution in [0.1, 0.15) is 82.6 Å². The Labute approximate surface area is 155 Å². The topological polar surface area (TPSA) is 52.6 Å². The minimum atomic E-state index is -0.757. The van der Waals surface area contributed by atoms with E-state index in [1.807, 2.05) is 48.5 Å². The Hall–Kier alpha value is -1.06. The summed E-state index contributed by atoms with van der Waals surface area (Å²) in [5.74, 6) is 0.0196. The van der Waals surface area contributed by atoms with Gasteiger partial charge in [0.2, 0.25) is 0 Å². The number of carbonyl (C=O) groups is 2. The Bertz CT molecular complexity index is 433. The zero-order valence-corrected chi connectivity index (χ0v) is 18.2. The molecule has 0 aromatic heterocycles. The summed E-state index contributed by atoms with van der Waals surface area (Å²) in [5.41, 5.74) is -1.28. The zero-order chi connectivity index (χ0) is 20.2. The highest BCUT2D eigenvalue weighted by molar-refractivity contribution is 5.78. The van der Waals surface area contributed by atoms with Crippen molar-refractivity contribution in [3.8, 4) is 0 Å². The lowest BCUT2D eigenvalue weighted by Crippen LogP contribution is -2.42. The van der Waals surface area contributed by atoms with E-state index in [1.165, 1.54) is 0 Å². The molecule has 0 amide bonds. The molecule has 148 valence electrons. The lowest BCUT2D eigenvalue weighted by Gasteiger charge is -2.37.